The Kier molecular flexibility index (Phi) is 9.06. The van der Waals surface area contributed by atoms with Crippen LogP contribution in [0.15, 0.2) is 66.7 Å². The predicted octanol–water partition coefficient (Wildman–Crippen LogP) is 4.62. The van der Waals surface area contributed by atoms with E-state index in [1.165, 1.54) is 0 Å². The number of aliphatic hydroxyl groups is 2. The van der Waals surface area contributed by atoms with Gasteiger partial charge in [-0.05, 0) is 56.4 Å². The number of carbonyl (C=O) groups excluding carboxylic acids is 1. The second kappa shape index (κ2) is 11.8. The molecule has 2 aromatic carbocycles. The molecule has 0 amide bonds. The molecule has 0 heterocycles. The molecule has 3 N–H and O–H groups in total. The van der Waals surface area contributed by atoms with Crippen LogP contribution in [0.2, 0.25) is 0 Å². The number of aliphatic carboxylic acids is 1. The Morgan fingerprint density at radius 1 is 1.11 bits per heavy atom. The van der Waals surface area contributed by atoms with Crippen LogP contribution in [-0.4, -0.2) is 57.3 Å². The summed E-state index contributed by atoms with van der Waals surface area (Å²) in [6.07, 6.45) is 1.98. The van der Waals surface area contributed by atoms with E-state index in [9.17, 15) is 24.9 Å². The van der Waals surface area contributed by atoms with Crippen LogP contribution in [0.3, 0.4) is 0 Å². The standard InChI is InChI=1S/C29H36O7/c1-4-17-35-28(2,3)24(30)15-13-23-14-16-25(31)29(23,19-26(32)33)36-27(34)22-12-8-11-21(18-22)20-9-6-5-7-10-20/h5-13,15,18,23-25,30-31H,4,14,16-17,19H2,1-3H3,(H,32,33). The van der Waals surface area contributed by atoms with Gasteiger partial charge in [0.15, 0.2) is 5.60 Å². The first-order valence-corrected chi connectivity index (χ1v) is 12.4. The molecule has 0 aliphatic heterocycles. The number of ether oxygens (including phenoxy) is 2. The van der Waals surface area contributed by atoms with E-state index < -0.39 is 47.7 Å². The number of aliphatic hydroxyl groups excluding tert-OH is 2. The number of benzene rings is 2. The van der Waals surface area contributed by atoms with E-state index in [1.54, 1.807) is 44.2 Å². The number of carboxylic acids is 1. The number of rotatable bonds is 11. The van der Waals surface area contributed by atoms with Crippen LogP contribution in [0.5, 0.6) is 0 Å². The van der Waals surface area contributed by atoms with Gasteiger partial charge >= 0.3 is 11.9 Å². The Bertz CT molecular complexity index is 1060. The van der Waals surface area contributed by atoms with Crippen LogP contribution in [-0.2, 0) is 14.3 Å². The first-order valence-electron chi connectivity index (χ1n) is 12.4. The van der Waals surface area contributed by atoms with E-state index in [2.05, 4.69) is 0 Å². The number of hydrogen-bond donors (Lipinski definition) is 3. The Morgan fingerprint density at radius 2 is 1.81 bits per heavy atom. The van der Waals surface area contributed by atoms with Gasteiger partial charge in [-0.15, -0.1) is 0 Å². The summed E-state index contributed by atoms with van der Waals surface area (Å²) in [6.45, 7) is 6.00. The van der Waals surface area contributed by atoms with E-state index in [1.807, 2.05) is 43.3 Å². The second-order valence-corrected chi connectivity index (χ2v) is 9.84. The lowest BCUT2D eigenvalue weighted by Gasteiger charge is -2.36. The van der Waals surface area contributed by atoms with Gasteiger partial charge in [0.2, 0.25) is 0 Å². The zero-order valence-corrected chi connectivity index (χ0v) is 21.1. The summed E-state index contributed by atoms with van der Waals surface area (Å²) in [6, 6.07) is 16.5. The summed E-state index contributed by atoms with van der Waals surface area (Å²) in [5.41, 5.74) is -0.504. The Hall–Kier alpha value is -3.00. The second-order valence-electron chi connectivity index (χ2n) is 9.84. The zero-order chi connectivity index (χ0) is 26.3. The summed E-state index contributed by atoms with van der Waals surface area (Å²) in [5.74, 6) is -2.49. The van der Waals surface area contributed by atoms with Crippen molar-refractivity contribution in [3.05, 3.63) is 72.3 Å². The molecule has 0 spiro atoms. The number of carbonyl (C=O) groups is 2. The molecule has 4 unspecified atom stereocenters. The van der Waals surface area contributed by atoms with Gasteiger partial charge in [0.1, 0.15) is 6.10 Å². The van der Waals surface area contributed by atoms with Crippen molar-refractivity contribution < 1.29 is 34.4 Å². The molecule has 3 rings (SSSR count). The first-order chi connectivity index (χ1) is 17.1. The molecular weight excluding hydrogens is 460 g/mol. The van der Waals surface area contributed by atoms with Crippen molar-refractivity contribution in [1.82, 2.24) is 0 Å². The lowest BCUT2D eigenvalue weighted by Crippen LogP contribution is -2.49. The van der Waals surface area contributed by atoms with E-state index >= 15 is 0 Å². The fourth-order valence-electron chi connectivity index (χ4n) is 4.61. The highest BCUT2D eigenvalue weighted by Gasteiger charge is 2.53. The van der Waals surface area contributed by atoms with Gasteiger partial charge in [-0.1, -0.05) is 61.5 Å². The number of carboxylic acid groups (broad SMARTS) is 1. The van der Waals surface area contributed by atoms with Gasteiger partial charge in [-0.25, -0.2) is 4.79 Å². The molecule has 7 heteroatoms. The highest BCUT2D eigenvalue weighted by molar-refractivity contribution is 5.91. The smallest absolute Gasteiger partial charge is 0.338 e. The molecule has 0 bridgehead atoms. The van der Waals surface area contributed by atoms with E-state index in [-0.39, 0.29) is 12.0 Å². The van der Waals surface area contributed by atoms with Crippen molar-refractivity contribution in [2.24, 2.45) is 5.92 Å². The van der Waals surface area contributed by atoms with Gasteiger partial charge < -0.3 is 24.8 Å². The lowest BCUT2D eigenvalue weighted by molar-refractivity contribution is -0.150. The van der Waals surface area contributed by atoms with Crippen LogP contribution < -0.4 is 0 Å². The van der Waals surface area contributed by atoms with Crippen molar-refractivity contribution in [1.29, 1.82) is 0 Å². The Balaban J connectivity index is 1.87. The summed E-state index contributed by atoms with van der Waals surface area (Å²) < 4.78 is 11.6. The molecule has 1 saturated carbocycles. The van der Waals surface area contributed by atoms with Crippen molar-refractivity contribution in [3.63, 3.8) is 0 Å². The third-order valence-corrected chi connectivity index (χ3v) is 6.77. The Labute approximate surface area is 212 Å². The SMILES string of the molecule is CCCOC(C)(C)C(O)C=CC1CCC(O)C1(CC(=O)O)OC(=O)c1cccc(-c2ccccc2)c1. The quantitative estimate of drug-likeness (QED) is 0.307. The first kappa shape index (κ1) is 27.6. The monoisotopic (exact) mass is 496 g/mol. The van der Waals surface area contributed by atoms with Gasteiger partial charge in [-0.2, -0.15) is 0 Å². The maximum atomic E-state index is 13.3. The largest absolute Gasteiger partial charge is 0.481 e. The molecule has 194 valence electrons. The molecular formula is C29H36O7. The van der Waals surface area contributed by atoms with Crippen LogP contribution in [0.4, 0.5) is 0 Å². The van der Waals surface area contributed by atoms with Crippen LogP contribution >= 0.6 is 0 Å². The molecule has 4 atom stereocenters. The molecule has 0 radical (unpaired) electrons. The third-order valence-electron chi connectivity index (χ3n) is 6.77. The summed E-state index contributed by atoms with van der Waals surface area (Å²) in [7, 11) is 0. The molecule has 0 saturated heterocycles. The minimum atomic E-state index is -1.66. The topological polar surface area (TPSA) is 113 Å². The molecule has 0 aromatic heterocycles. The average molecular weight is 497 g/mol. The summed E-state index contributed by atoms with van der Waals surface area (Å²) in [4.78, 5) is 25.1. The maximum absolute atomic E-state index is 13.3. The number of hydrogen-bond acceptors (Lipinski definition) is 6. The van der Waals surface area contributed by atoms with Gasteiger partial charge in [0.25, 0.3) is 0 Å². The molecule has 1 aliphatic rings. The van der Waals surface area contributed by atoms with Crippen LogP contribution in [0.1, 0.15) is 56.8 Å². The zero-order valence-electron chi connectivity index (χ0n) is 21.1. The molecule has 1 fully saturated rings. The van der Waals surface area contributed by atoms with Gasteiger partial charge in [-0.3, -0.25) is 4.79 Å². The third kappa shape index (κ3) is 6.40. The highest BCUT2D eigenvalue weighted by atomic mass is 16.6. The fraction of sp³-hybridized carbons (Fsp3) is 0.448. The lowest BCUT2D eigenvalue weighted by atomic mass is 9.84. The van der Waals surface area contributed by atoms with Crippen LogP contribution in [0, 0.1) is 5.92 Å². The Morgan fingerprint density at radius 3 is 2.47 bits per heavy atom. The minimum absolute atomic E-state index is 0.261. The van der Waals surface area contributed by atoms with E-state index in [4.69, 9.17) is 9.47 Å². The summed E-state index contributed by atoms with van der Waals surface area (Å²) in [5, 5.41) is 31.2. The van der Waals surface area contributed by atoms with Crippen molar-refractivity contribution in [2.45, 2.75) is 69.9 Å². The fourth-order valence-corrected chi connectivity index (χ4v) is 4.61. The van der Waals surface area contributed by atoms with Crippen molar-refractivity contribution in [3.8, 4) is 11.1 Å². The molecule has 1 aliphatic carbocycles. The van der Waals surface area contributed by atoms with E-state index in [0.29, 0.717) is 13.0 Å². The minimum Gasteiger partial charge on any atom is -0.481 e. The van der Waals surface area contributed by atoms with Crippen molar-refractivity contribution >= 4 is 11.9 Å². The molecule has 36 heavy (non-hydrogen) atoms. The van der Waals surface area contributed by atoms with Gasteiger partial charge in [0.05, 0.1) is 23.7 Å². The average Bonchev–Trinajstić information content (AvgIpc) is 3.15. The van der Waals surface area contributed by atoms with Crippen molar-refractivity contribution in [2.75, 3.05) is 6.61 Å². The highest BCUT2D eigenvalue weighted by Crippen LogP contribution is 2.43. The molecule has 2 aromatic rings. The normalized spacial score (nSPS) is 23.0. The number of esters is 1. The van der Waals surface area contributed by atoms with Gasteiger partial charge in [0, 0.05) is 12.5 Å². The summed E-state index contributed by atoms with van der Waals surface area (Å²) >= 11 is 0. The molecule has 7 nitrogen and oxygen atoms in total. The van der Waals surface area contributed by atoms with Crippen LogP contribution in [0.25, 0.3) is 11.1 Å². The van der Waals surface area contributed by atoms with E-state index in [0.717, 1.165) is 17.5 Å². The predicted molar refractivity (Wildman–Crippen MR) is 136 cm³/mol. The maximum Gasteiger partial charge on any atom is 0.338 e.